The van der Waals surface area contributed by atoms with Gasteiger partial charge in [0.15, 0.2) is 0 Å². The number of aryl methyl sites for hydroxylation is 1. The molecule has 3 nitrogen and oxygen atoms in total. The van der Waals surface area contributed by atoms with Crippen LogP contribution in [0.15, 0.2) is 36.7 Å². The number of hydrogen-bond acceptors (Lipinski definition) is 1. The van der Waals surface area contributed by atoms with Gasteiger partial charge in [-0.15, -0.1) is 0 Å². The predicted octanol–water partition coefficient (Wildman–Crippen LogP) is 1.52. The lowest BCUT2D eigenvalue weighted by Crippen LogP contribution is -2.28. The van der Waals surface area contributed by atoms with E-state index in [0.29, 0.717) is 0 Å². The number of benzene rings is 1. The van der Waals surface area contributed by atoms with E-state index < -0.39 is 0 Å². The van der Waals surface area contributed by atoms with Crippen LogP contribution in [0.5, 0.6) is 0 Å². The Labute approximate surface area is 95.6 Å². The lowest BCUT2D eigenvalue weighted by molar-refractivity contribution is -0.669. The van der Waals surface area contributed by atoms with Crippen LogP contribution in [0.3, 0.4) is 0 Å². The summed E-state index contributed by atoms with van der Waals surface area (Å²) >= 11 is 0. The monoisotopic (exact) mass is 214 g/mol. The van der Waals surface area contributed by atoms with E-state index in [9.17, 15) is 0 Å². The molecule has 1 aromatic carbocycles. The Morgan fingerprint density at radius 3 is 2.88 bits per heavy atom. The third-order valence-corrected chi connectivity index (χ3v) is 3.26. The highest BCUT2D eigenvalue weighted by molar-refractivity contribution is 5.46. The first-order valence-electron chi connectivity index (χ1n) is 5.65. The van der Waals surface area contributed by atoms with Gasteiger partial charge in [0.2, 0.25) is 0 Å². The fourth-order valence-electron chi connectivity index (χ4n) is 2.38. The minimum absolute atomic E-state index is 1.09. The van der Waals surface area contributed by atoms with Crippen molar-refractivity contribution in [1.82, 2.24) is 4.57 Å². The van der Waals surface area contributed by atoms with Gasteiger partial charge >= 0.3 is 5.95 Å². The zero-order valence-electron chi connectivity index (χ0n) is 9.72. The summed E-state index contributed by atoms with van der Waals surface area (Å²) in [5.74, 6) is 1.27. The lowest BCUT2D eigenvalue weighted by Gasteiger charge is -2.08. The van der Waals surface area contributed by atoms with E-state index in [1.165, 1.54) is 17.2 Å². The molecule has 1 aliphatic rings. The van der Waals surface area contributed by atoms with Gasteiger partial charge in [-0.3, -0.25) is 4.90 Å². The second kappa shape index (κ2) is 3.37. The van der Waals surface area contributed by atoms with E-state index in [-0.39, 0.29) is 0 Å². The van der Waals surface area contributed by atoms with Gasteiger partial charge in [-0.1, -0.05) is 18.2 Å². The van der Waals surface area contributed by atoms with Crippen LogP contribution in [0.25, 0.3) is 5.69 Å². The van der Waals surface area contributed by atoms with Crippen molar-refractivity contribution >= 4 is 5.95 Å². The van der Waals surface area contributed by atoms with Crippen LogP contribution in [-0.4, -0.2) is 18.2 Å². The van der Waals surface area contributed by atoms with Crippen molar-refractivity contribution in [2.45, 2.75) is 13.5 Å². The van der Waals surface area contributed by atoms with E-state index >= 15 is 0 Å². The molecule has 2 heterocycles. The summed E-state index contributed by atoms with van der Waals surface area (Å²) in [6.45, 7) is 4.34. The van der Waals surface area contributed by atoms with Crippen molar-refractivity contribution in [2.24, 2.45) is 0 Å². The fraction of sp³-hybridized carbons (Fsp3) is 0.308. The van der Waals surface area contributed by atoms with E-state index in [2.05, 4.69) is 64.7 Å². The number of aromatic nitrogens is 2. The Bertz CT molecular complexity index is 528. The molecule has 0 aliphatic carbocycles. The van der Waals surface area contributed by atoms with E-state index in [4.69, 9.17) is 0 Å². The molecule has 0 saturated carbocycles. The first kappa shape index (κ1) is 9.46. The molecular formula is C13H16N3+. The zero-order chi connectivity index (χ0) is 11.1. The molecule has 0 radical (unpaired) electrons. The Kier molecular flexibility index (Phi) is 1.99. The lowest BCUT2D eigenvalue weighted by atomic mass is 10.2. The molecule has 0 fully saturated rings. The number of likely N-dealkylation sites (N-methyl/N-ethyl adjacent to an activating group) is 1. The summed E-state index contributed by atoms with van der Waals surface area (Å²) in [6.07, 6.45) is 4.30. The first-order chi connectivity index (χ1) is 7.77. The molecule has 0 spiro atoms. The second-order valence-corrected chi connectivity index (χ2v) is 4.37. The molecular weight excluding hydrogens is 198 g/mol. The molecule has 0 amide bonds. The van der Waals surface area contributed by atoms with Crippen LogP contribution in [0, 0.1) is 6.92 Å². The maximum Gasteiger partial charge on any atom is 0.364 e. The molecule has 82 valence electrons. The zero-order valence-corrected chi connectivity index (χ0v) is 9.72. The highest BCUT2D eigenvalue weighted by Crippen LogP contribution is 2.21. The largest absolute Gasteiger partial charge is 0.364 e. The molecule has 3 rings (SSSR count). The molecule has 1 aliphatic heterocycles. The van der Waals surface area contributed by atoms with Crippen molar-refractivity contribution in [3.05, 3.63) is 42.2 Å². The summed E-state index contributed by atoms with van der Waals surface area (Å²) < 4.78 is 4.56. The van der Waals surface area contributed by atoms with Crippen molar-refractivity contribution < 1.29 is 4.57 Å². The highest BCUT2D eigenvalue weighted by Gasteiger charge is 2.28. The van der Waals surface area contributed by atoms with Gasteiger partial charge < -0.3 is 0 Å². The smallest absolute Gasteiger partial charge is 0.263 e. The second-order valence-electron chi connectivity index (χ2n) is 4.37. The van der Waals surface area contributed by atoms with Gasteiger partial charge in [-0.05, 0) is 18.6 Å². The van der Waals surface area contributed by atoms with Crippen molar-refractivity contribution in [1.29, 1.82) is 0 Å². The fourth-order valence-corrected chi connectivity index (χ4v) is 2.38. The molecule has 3 heteroatoms. The Balaban J connectivity index is 2.19. The molecule has 16 heavy (non-hydrogen) atoms. The quantitative estimate of drug-likeness (QED) is 0.656. The third-order valence-electron chi connectivity index (χ3n) is 3.26. The number of fused-ring (bicyclic) bond motifs is 1. The average molecular weight is 214 g/mol. The molecule has 2 aromatic rings. The Hall–Kier alpha value is -1.77. The summed E-state index contributed by atoms with van der Waals surface area (Å²) in [7, 11) is 2.15. The van der Waals surface area contributed by atoms with Crippen LogP contribution in [-0.2, 0) is 6.54 Å². The van der Waals surface area contributed by atoms with Gasteiger partial charge in [0.05, 0.1) is 19.8 Å². The third kappa shape index (κ3) is 1.24. The molecule has 0 saturated heterocycles. The predicted molar refractivity (Wildman–Crippen MR) is 64.0 cm³/mol. The minimum Gasteiger partial charge on any atom is -0.263 e. The van der Waals surface area contributed by atoms with E-state index in [0.717, 1.165) is 13.1 Å². The first-order valence-corrected chi connectivity index (χ1v) is 5.65. The summed E-state index contributed by atoms with van der Waals surface area (Å²) in [5.41, 5.74) is 2.58. The Morgan fingerprint density at radius 1 is 1.25 bits per heavy atom. The molecule has 1 aromatic heterocycles. The van der Waals surface area contributed by atoms with Crippen LogP contribution in [0.2, 0.25) is 0 Å². The SMILES string of the molecule is Cc1ccccc1-n1cc[n+]2c1N(C)CC2. The van der Waals surface area contributed by atoms with Gasteiger partial charge in [-0.2, -0.15) is 0 Å². The van der Waals surface area contributed by atoms with E-state index in [1.54, 1.807) is 0 Å². The van der Waals surface area contributed by atoms with Crippen LogP contribution in [0.1, 0.15) is 5.56 Å². The molecule has 0 atom stereocenters. The normalized spacial score (nSPS) is 14.2. The van der Waals surface area contributed by atoms with Gasteiger partial charge in [0, 0.05) is 0 Å². The van der Waals surface area contributed by atoms with Gasteiger partial charge in [-0.25, -0.2) is 9.13 Å². The molecule has 0 bridgehead atoms. The number of hydrogen-bond donors (Lipinski definition) is 0. The standard InChI is InChI=1S/C13H16N3/c1-11-5-3-4-6-12(11)16-10-9-15-8-7-14(2)13(15)16/h3-6,9-10H,7-8H2,1-2H3/q+1. The average Bonchev–Trinajstić information content (AvgIpc) is 2.83. The van der Waals surface area contributed by atoms with Crippen LogP contribution < -0.4 is 9.47 Å². The van der Waals surface area contributed by atoms with Crippen LogP contribution >= 0.6 is 0 Å². The summed E-state index contributed by atoms with van der Waals surface area (Å²) in [4.78, 5) is 2.30. The number of imidazole rings is 1. The Morgan fingerprint density at radius 2 is 2.06 bits per heavy atom. The summed E-state index contributed by atoms with van der Waals surface area (Å²) in [6, 6.07) is 8.50. The summed E-state index contributed by atoms with van der Waals surface area (Å²) in [5, 5.41) is 0. The minimum atomic E-state index is 1.09. The van der Waals surface area contributed by atoms with Crippen LogP contribution in [0.4, 0.5) is 5.95 Å². The number of anilines is 1. The maximum absolute atomic E-state index is 2.30. The van der Waals surface area contributed by atoms with E-state index in [1.807, 2.05) is 0 Å². The maximum atomic E-state index is 2.30. The van der Waals surface area contributed by atoms with Crippen molar-refractivity contribution in [3.8, 4) is 5.69 Å². The number of para-hydroxylation sites is 1. The van der Waals surface area contributed by atoms with Gasteiger partial charge in [0.1, 0.15) is 18.4 Å². The number of nitrogens with zero attached hydrogens (tertiary/aromatic N) is 3. The molecule has 0 N–H and O–H groups in total. The molecule has 0 unspecified atom stereocenters. The topological polar surface area (TPSA) is 12.0 Å². The van der Waals surface area contributed by atoms with Gasteiger partial charge in [0.25, 0.3) is 0 Å². The number of rotatable bonds is 1. The van der Waals surface area contributed by atoms with Crippen molar-refractivity contribution in [3.63, 3.8) is 0 Å². The highest BCUT2D eigenvalue weighted by atomic mass is 15.4. The van der Waals surface area contributed by atoms with Crippen molar-refractivity contribution in [2.75, 3.05) is 18.5 Å².